The molecule has 0 heterocycles. The van der Waals surface area contributed by atoms with Gasteiger partial charge < -0.3 is 5.11 Å². The Morgan fingerprint density at radius 1 is 1.28 bits per heavy atom. The average Bonchev–Trinajstić information content (AvgIpc) is 2.41. The van der Waals surface area contributed by atoms with Crippen LogP contribution in [0.1, 0.15) is 44.6 Å². The molecular formula is C15H22FNO. The maximum Gasteiger partial charge on any atom is 0.123 e. The zero-order chi connectivity index (χ0) is 13.0. The van der Waals surface area contributed by atoms with Gasteiger partial charge in [0, 0.05) is 18.2 Å². The van der Waals surface area contributed by atoms with Crippen molar-refractivity contribution in [2.75, 3.05) is 6.54 Å². The van der Waals surface area contributed by atoms with E-state index in [1.165, 1.54) is 50.3 Å². The van der Waals surface area contributed by atoms with Gasteiger partial charge in [0.05, 0.1) is 0 Å². The highest BCUT2D eigenvalue weighted by Gasteiger charge is 2.20. The molecule has 0 aliphatic heterocycles. The quantitative estimate of drug-likeness (QED) is 0.882. The van der Waals surface area contributed by atoms with Gasteiger partial charge in [-0.05, 0) is 37.6 Å². The van der Waals surface area contributed by atoms with Gasteiger partial charge in [0.15, 0.2) is 0 Å². The van der Waals surface area contributed by atoms with E-state index in [9.17, 15) is 9.50 Å². The zero-order valence-electron chi connectivity index (χ0n) is 11.0. The number of phenolic OH excluding ortho intramolecular Hbond substituents is 1. The molecule has 3 heteroatoms. The highest BCUT2D eigenvalue weighted by atomic mass is 19.1. The van der Waals surface area contributed by atoms with E-state index in [-0.39, 0.29) is 11.6 Å². The second-order valence-electron chi connectivity index (χ2n) is 5.13. The van der Waals surface area contributed by atoms with Gasteiger partial charge in [0.25, 0.3) is 0 Å². The van der Waals surface area contributed by atoms with Gasteiger partial charge in [-0.15, -0.1) is 0 Å². The molecule has 1 aliphatic carbocycles. The zero-order valence-corrected chi connectivity index (χ0v) is 11.0. The maximum atomic E-state index is 13.2. The van der Waals surface area contributed by atoms with Crippen LogP contribution in [0.25, 0.3) is 0 Å². The van der Waals surface area contributed by atoms with Crippen molar-refractivity contribution in [3.63, 3.8) is 0 Å². The summed E-state index contributed by atoms with van der Waals surface area (Å²) in [6, 6.07) is 4.78. The Bertz CT molecular complexity index is 388. The third-order valence-electron chi connectivity index (χ3n) is 3.91. The highest BCUT2D eigenvalue weighted by molar-refractivity contribution is 5.32. The molecule has 18 heavy (non-hydrogen) atoms. The summed E-state index contributed by atoms with van der Waals surface area (Å²) in [5.74, 6) is -0.0758. The largest absolute Gasteiger partial charge is 0.508 e. The summed E-state index contributed by atoms with van der Waals surface area (Å²) in [5, 5.41) is 9.78. The second kappa shape index (κ2) is 6.19. The lowest BCUT2D eigenvalue weighted by atomic mass is 9.94. The predicted molar refractivity (Wildman–Crippen MR) is 71.0 cm³/mol. The van der Waals surface area contributed by atoms with Gasteiger partial charge in [0.2, 0.25) is 0 Å². The number of phenols is 1. The molecule has 0 radical (unpaired) electrons. The smallest absolute Gasteiger partial charge is 0.123 e. The van der Waals surface area contributed by atoms with Crippen molar-refractivity contribution >= 4 is 0 Å². The number of nitrogens with zero attached hydrogens (tertiary/aromatic N) is 1. The van der Waals surface area contributed by atoms with Crippen LogP contribution in [-0.2, 0) is 6.54 Å². The number of halogens is 1. The van der Waals surface area contributed by atoms with Gasteiger partial charge in [0.1, 0.15) is 11.6 Å². The minimum atomic E-state index is -0.275. The van der Waals surface area contributed by atoms with E-state index >= 15 is 0 Å². The van der Waals surface area contributed by atoms with Gasteiger partial charge in [-0.3, -0.25) is 4.90 Å². The van der Waals surface area contributed by atoms with Crippen molar-refractivity contribution in [2.45, 2.75) is 51.6 Å². The molecular weight excluding hydrogens is 229 g/mol. The van der Waals surface area contributed by atoms with Crippen LogP contribution >= 0.6 is 0 Å². The fourth-order valence-electron chi connectivity index (χ4n) is 2.84. The number of hydrogen-bond acceptors (Lipinski definition) is 2. The molecule has 0 amide bonds. The Morgan fingerprint density at radius 3 is 2.67 bits per heavy atom. The molecule has 1 N–H and O–H groups in total. The second-order valence-corrected chi connectivity index (χ2v) is 5.13. The third-order valence-corrected chi connectivity index (χ3v) is 3.91. The van der Waals surface area contributed by atoms with Crippen molar-refractivity contribution in [2.24, 2.45) is 0 Å². The minimum absolute atomic E-state index is 0.200. The van der Waals surface area contributed by atoms with Crippen LogP contribution in [0.15, 0.2) is 18.2 Å². The van der Waals surface area contributed by atoms with Crippen molar-refractivity contribution < 1.29 is 9.50 Å². The van der Waals surface area contributed by atoms with Gasteiger partial charge >= 0.3 is 0 Å². The topological polar surface area (TPSA) is 23.5 Å². The highest BCUT2D eigenvalue weighted by Crippen LogP contribution is 2.26. The molecule has 1 aromatic rings. The van der Waals surface area contributed by atoms with Crippen LogP contribution < -0.4 is 0 Å². The SMILES string of the molecule is CCN(Cc1cc(F)ccc1O)C1CCCCC1. The molecule has 0 aromatic heterocycles. The van der Waals surface area contributed by atoms with Crippen LogP contribution in [0.2, 0.25) is 0 Å². The van der Waals surface area contributed by atoms with Crippen LogP contribution in [0, 0.1) is 5.82 Å². The molecule has 2 rings (SSSR count). The first kappa shape index (κ1) is 13.3. The van der Waals surface area contributed by atoms with Crippen molar-refractivity contribution in [3.8, 4) is 5.75 Å². The standard InChI is InChI=1S/C15H22FNO/c1-2-17(14-6-4-3-5-7-14)11-12-10-13(16)8-9-15(12)18/h8-10,14,18H,2-7,11H2,1H3. The number of benzene rings is 1. The Labute approximate surface area is 108 Å². The van der Waals surface area contributed by atoms with E-state index in [0.717, 1.165) is 6.54 Å². The molecule has 0 unspecified atom stereocenters. The normalized spacial score (nSPS) is 17.3. The fraction of sp³-hybridized carbons (Fsp3) is 0.600. The van der Waals surface area contributed by atoms with E-state index in [0.29, 0.717) is 18.2 Å². The summed E-state index contributed by atoms with van der Waals surface area (Å²) >= 11 is 0. The minimum Gasteiger partial charge on any atom is -0.508 e. The van der Waals surface area contributed by atoms with Crippen LogP contribution in [0.5, 0.6) is 5.75 Å². The van der Waals surface area contributed by atoms with Crippen molar-refractivity contribution in [1.82, 2.24) is 4.90 Å². The lowest BCUT2D eigenvalue weighted by Crippen LogP contribution is -2.36. The molecule has 0 atom stereocenters. The van der Waals surface area contributed by atoms with Crippen LogP contribution in [-0.4, -0.2) is 22.6 Å². The first-order valence-electron chi connectivity index (χ1n) is 6.92. The summed E-state index contributed by atoms with van der Waals surface area (Å²) in [6.45, 7) is 3.72. The summed E-state index contributed by atoms with van der Waals surface area (Å²) in [4.78, 5) is 2.35. The molecule has 0 saturated heterocycles. The van der Waals surface area contributed by atoms with E-state index < -0.39 is 0 Å². The lowest BCUT2D eigenvalue weighted by molar-refractivity contribution is 0.154. The Balaban J connectivity index is 2.06. The predicted octanol–water partition coefficient (Wildman–Crippen LogP) is 3.69. The molecule has 0 bridgehead atoms. The molecule has 1 aromatic carbocycles. The van der Waals surface area contributed by atoms with Crippen molar-refractivity contribution in [1.29, 1.82) is 0 Å². The van der Waals surface area contributed by atoms with E-state index in [2.05, 4.69) is 11.8 Å². The van der Waals surface area contributed by atoms with Gasteiger partial charge in [-0.25, -0.2) is 4.39 Å². The summed E-state index contributed by atoms with van der Waals surface area (Å²) in [5.41, 5.74) is 0.697. The first-order valence-corrected chi connectivity index (χ1v) is 6.92. The monoisotopic (exact) mass is 251 g/mol. The summed E-state index contributed by atoms with van der Waals surface area (Å²) in [6.07, 6.45) is 6.36. The van der Waals surface area contributed by atoms with Gasteiger partial charge in [-0.1, -0.05) is 26.2 Å². The van der Waals surface area contributed by atoms with Gasteiger partial charge in [-0.2, -0.15) is 0 Å². The van der Waals surface area contributed by atoms with Crippen LogP contribution in [0.4, 0.5) is 4.39 Å². The third kappa shape index (κ3) is 3.22. The molecule has 0 spiro atoms. The summed E-state index contributed by atoms with van der Waals surface area (Å²) in [7, 11) is 0. The van der Waals surface area contributed by atoms with Crippen LogP contribution in [0.3, 0.4) is 0 Å². The molecule has 1 aliphatic rings. The average molecular weight is 251 g/mol. The molecule has 1 fully saturated rings. The summed E-state index contributed by atoms with van der Waals surface area (Å²) < 4.78 is 13.2. The number of hydrogen-bond donors (Lipinski definition) is 1. The fourth-order valence-corrected chi connectivity index (χ4v) is 2.84. The maximum absolute atomic E-state index is 13.2. The lowest BCUT2D eigenvalue weighted by Gasteiger charge is -2.33. The molecule has 1 saturated carbocycles. The molecule has 2 nitrogen and oxygen atoms in total. The molecule has 100 valence electrons. The Morgan fingerprint density at radius 2 is 2.00 bits per heavy atom. The number of rotatable bonds is 4. The van der Waals surface area contributed by atoms with E-state index in [4.69, 9.17) is 0 Å². The first-order chi connectivity index (χ1) is 8.70. The Kier molecular flexibility index (Phi) is 4.59. The van der Waals surface area contributed by atoms with E-state index in [1.807, 2.05) is 0 Å². The van der Waals surface area contributed by atoms with Crippen molar-refractivity contribution in [3.05, 3.63) is 29.6 Å². The van der Waals surface area contributed by atoms with E-state index in [1.54, 1.807) is 0 Å². The number of aromatic hydroxyl groups is 1. The Hall–Kier alpha value is -1.09.